The van der Waals surface area contributed by atoms with Crippen LogP contribution in [-0.2, 0) is 10.0 Å². The fourth-order valence-electron chi connectivity index (χ4n) is 2.09. The van der Waals surface area contributed by atoms with Crippen LogP contribution in [0.25, 0.3) is 0 Å². The quantitative estimate of drug-likeness (QED) is 0.703. The van der Waals surface area contributed by atoms with Crippen molar-refractivity contribution >= 4 is 37.6 Å². The van der Waals surface area contributed by atoms with E-state index in [9.17, 15) is 21.6 Å². The zero-order valence-electron chi connectivity index (χ0n) is 12.1. The third kappa shape index (κ3) is 4.08. The molecule has 0 bridgehead atoms. The van der Waals surface area contributed by atoms with Crippen molar-refractivity contribution in [2.24, 2.45) is 0 Å². The van der Waals surface area contributed by atoms with Crippen LogP contribution in [0.4, 0.5) is 13.2 Å². The molecule has 1 atom stereocenters. The Hall–Kier alpha value is -1.16. The Labute approximate surface area is 150 Å². The predicted octanol–water partition coefficient (Wildman–Crippen LogP) is 4.42. The van der Waals surface area contributed by atoms with Crippen molar-refractivity contribution < 1.29 is 21.6 Å². The van der Waals surface area contributed by atoms with Crippen molar-refractivity contribution in [2.75, 3.05) is 7.05 Å². The van der Waals surface area contributed by atoms with Gasteiger partial charge in [-0.15, -0.1) is 0 Å². The number of hydrogen-bond donors (Lipinski definition) is 0. The van der Waals surface area contributed by atoms with Crippen molar-refractivity contribution in [3.05, 3.63) is 57.8 Å². The second-order valence-electron chi connectivity index (χ2n) is 4.86. The lowest BCUT2D eigenvalue weighted by Crippen LogP contribution is -2.39. The Morgan fingerprint density at radius 1 is 1.21 bits per heavy atom. The summed E-state index contributed by atoms with van der Waals surface area (Å²) >= 11 is 8.74. The first kappa shape index (κ1) is 19.2. The summed E-state index contributed by atoms with van der Waals surface area (Å²) in [5.74, 6) is 0. The molecule has 1 aromatic carbocycles. The maximum Gasteiger partial charge on any atom is 0.409 e. The number of nitrogens with zero attached hydrogens (tertiary/aromatic N) is 2. The van der Waals surface area contributed by atoms with Gasteiger partial charge in [-0.3, -0.25) is 4.98 Å². The number of pyridine rings is 1. The van der Waals surface area contributed by atoms with E-state index in [1.54, 1.807) is 0 Å². The molecule has 0 saturated carbocycles. The smallest absolute Gasteiger partial charge is 0.262 e. The van der Waals surface area contributed by atoms with E-state index in [0.29, 0.717) is 4.47 Å². The van der Waals surface area contributed by atoms with E-state index < -0.39 is 22.2 Å². The normalized spacial score (nSPS) is 14.0. The molecule has 0 fully saturated rings. The minimum absolute atomic E-state index is 0.235. The number of rotatable bonds is 4. The first-order valence-electron chi connectivity index (χ1n) is 6.44. The average molecular weight is 444 g/mol. The summed E-state index contributed by atoms with van der Waals surface area (Å²) in [6, 6.07) is 3.68. The van der Waals surface area contributed by atoms with Gasteiger partial charge in [-0.25, -0.2) is 8.42 Å². The zero-order chi connectivity index (χ0) is 18.1. The lowest BCUT2D eigenvalue weighted by molar-refractivity contribution is -0.171. The molecular weight excluding hydrogens is 433 g/mol. The Bertz CT molecular complexity index is 829. The lowest BCUT2D eigenvalue weighted by atomic mass is 10.1. The number of hydrogen-bond acceptors (Lipinski definition) is 3. The summed E-state index contributed by atoms with van der Waals surface area (Å²) in [5, 5.41) is 0.251. The highest BCUT2D eigenvalue weighted by molar-refractivity contribution is 9.10. The highest BCUT2D eigenvalue weighted by Gasteiger charge is 2.47. The van der Waals surface area contributed by atoms with Gasteiger partial charge >= 0.3 is 6.18 Å². The molecule has 10 heteroatoms. The first-order chi connectivity index (χ1) is 11.0. The standard InChI is InChI=1S/C14H11BrClF3N2O2S/c1-21(24(22,23)12-6-10(15)7-20-8-12)13(14(17,18)19)9-2-4-11(16)5-3-9/h2-8,13H,1H3. The fraction of sp³-hybridized carbons (Fsp3) is 0.214. The van der Waals surface area contributed by atoms with E-state index in [2.05, 4.69) is 20.9 Å². The molecule has 2 rings (SSSR count). The second kappa shape index (κ2) is 6.99. The lowest BCUT2D eigenvalue weighted by Gasteiger charge is -2.29. The van der Waals surface area contributed by atoms with Crippen LogP contribution >= 0.6 is 27.5 Å². The monoisotopic (exact) mass is 442 g/mol. The fourth-order valence-corrected chi connectivity index (χ4v) is 4.05. The summed E-state index contributed by atoms with van der Waals surface area (Å²) in [5.41, 5.74) is -0.235. The number of benzene rings is 1. The predicted molar refractivity (Wildman–Crippen MR) is 87.1 cm³/mol. The Morgan fingerprint density at radius 2 is 1.79 bits per heavy atom. The molecule has 1 unspecified atom stereocenters. The molecule has 1 aromatic heterocycles. The molecule has 0 saturated heterocycles. The zero-order valence-corrected chi connectivity index (χ0v) is 15.3. The van der Waals surface area contributed by atoms with Crippen molar-refractivity contribution in [1.29, 1.82) is 0 Å². The van der Waals surface area contributed by atoms with Gasteiger partial charge in [0.1, 0.15) is 10.9 Å². The van der Waals surface area contributed by atoms with E-state index in [1.807, 2.05) is 0 Å². The Balaban J connectivity index is 2.52. The molecule has 130 valence electrons. The van der Waals surface area contributed by atoms with E-state index in [4.69, 9.17) is 11.6 Å². The Morgan fingerprint density at radius 3 is 2.29 bits per heavy atom. The average Bonchev–Trinajstić information content (AvgIpc) is 2.48. The molecule has 0 amide bonds. The minimum Gasteiger partial charge on any atom is -0.262 e. The van der Waals surface area contributed by atoms with Gasteiger partial charge in [-0.2, -0.15) is 17.5 Å². The van der Waals surface area contributed by atoms with Crippen molar-refractivity contribution in [1.82, 2.24) is 9.29 Å². The summed E-state index contributed by atoms with van der Waals surface area (Å²) in [6.07, 6.45) is -2.49. The third-order valence-electron chi connectivity index (χ3n) is 3.22. The highest BCUT2D eigenvalue weighted by Crippen LogP contribution is 2.39. The summed E-state index contributed by atoms with van der Waals surface area (Å²) < 4.78 is 66.3. The highest BCUT2D eigenvalue weighted by atomic mass is 79.9. The van der Waals surface area contributed by atoms with Crippen molar-refractivity contribution in [3.63, 3.8) is 0 Å². The van der Waals surface area contributed by atoms with Gasteiger partial charge in [-0.05, 0) is 39.7 Å². The van der Waals surface area contributed by atoms with E-state index in [0.717, 1.165) is 25.4 Å². The van der Waals surface area contributed by atoms with Gasteiger partial charge in [0.15, 0.2) is 0 Å². The van der Waals surface area contributed by atoms with Gasteiger partial charge in [0.05, 0.1) is 0 Å². The summed E-state index contributed by atoms with van der Waals surface area (Å²) in [7, 11) is -3.54. The number of halogens is 5. The summed E-state index contributed by atoms with van der Waals surface area (Å²) in [6.45, 7) is 0. The van der Waals surface area contributed by atoms with E-state index in [-0.39, 0.29) is 19.8 Å². The van der Waals surface area contributed by atoms with E-state index >= 15 is 0 Å². The summed E-state index contributed by atoms with van der Waals surface area (Å²) in [4.78, 5) is 3.34. The molecule has 1 heterocycles. The Kier molecular flexibility index (Phi) is 5.58. The van der Waals surface area contributed by atoms with Crippen LogP contribution in [0.1, 0.15) is 11.6 Å². The van der Waals surface area contributed by atoms with Crippen LogP contribution in [0.15, 0.2) is 52.1 Å². The largest absolute Gasteiger partial charge is 0.409 e. The molecule has 0 N–H and O–H groups in total. The van der Waals surface area contributed by atoms with Crippen LogP contribution in [0.5, 0.6) is 0 Å². The van der Waals surface area contributed by atoms with Crippen LogP contribution in [0, 0.1) is 0 Å². The number of sulfonamides is 1. The molecular formula is C14H11BrClF3N2O2S. The SMILES string of the molecule is CN(C(c1ccc(Cl)cc1)C(F)(F)F)S(=O)(=O)c1cncc(Br)c1. The number of aromatic nitrogens is 1. The minimum atomic E-state index is -4.81. The van der Waals surface area contributed by atoms with Gasteiger partial charge < -0.3 is 0 Å². The molecule has 4 nitrogen and oxygen atoms in total. The molecule has 2 aromatic rings. The van der Waals surface area contributed by atoms with Gasteiger partial charge in [0, 0.05) is 28.9 Å². The maximum absolute atomic E-state index is 13.5. The van der Waals surface area contributed by atoms with Gasteiger partial charge in [-0.1, -0.05) is 23.7 Å². The topological polar surface area (TPSA) is 50.3 Å². The van der Waals surface area contributed by atoms with Crippen molar-refractivity contribution in [2.45, 2.75) is 17.1 Å². The van der Waals surface area contributed by atoms with Gasteiger partial charge in [0.2, 0.25) is 10.0 Å². The van der Waals surface area contributed by atoms with Crippen LogP contribution < -0.4 is 0 Å². The van der Waals surface area contributed by atoms with Crippen molar-refractivity contribution in [3.8, 4) is 0 Å². The van der Waals surface area contributed by atoms with Crippen LogP contribution in [0.3, 0.4) is 0 Å². The first-order valence-corrected chi connectivity index (χ1v) is 9.05. The second-order valence-corrected chi connectivity index (χ2v) is 8.21. The molecule has 0 spiro atoms. The van der Waals surface area contributed by atoms with Gasteiger partial charge in [0.25, 0.3) is 0 Å². The van der Waals surface area contributed by atoms with E-state index in [1.165, 1.54) is 24.4 Å². The molecule has 0 aliphatic heterocycles. The maximum atomic E-state index is 13.5. The number of alkyl halides is 3. The molecule has 0 radical (unpaired) electrons. The third-order valence-corrected chi connectivity index (χ3v) is 5.69. The molecule has 0 aliphatic carbocycles. The molecule has 0 aliphatic rings. The van der Waals surface area contributed by atoms with Crippen LogP contribution in [0.2, 0.25) is 5.02 Å². The molecule has 24 heavy (non-hydrogen) atoms. The van der Waals surface area contributed by atoms with Crippen LogP contribution in [-0.4, -0.2) is 30.9 Å².